The highest BCUT2D eigenvalue weighted by atomic mass is 16.5. The lowest BCUT2D eigenvalue weighted by molar-refractivity contribution is 0.234. The number of aromatic hydroxyl groups is 1. The van der Waals surface area contributed by atoms with Crippen LogP contribution in [0.2, 0.25) is 0 Å². The largest absolute Gasteiger partial charge is 0.507 e. The standard InChI is InChI=1S/C24H29NO4/c1-3-11-25(12-4-2)13-8-14-28-19-15-20(26)24-21(27)17-22(29-23(24)16-19)18-9-6-5-7-10-18/h5-7,9-10,15-17,26H,3-4,8,11-14H2,1-2H3. The van der Waals surface area contributed by atoms with Crippen LogP contribution in [0.3, 0.4) is 0 Å². The van der Waals surface area contributed by atoms with Crippen molar-refractivity contribution >= 4 is 11.0 Å². The molecule has 5 heteroatoms. The lowest BCUT2D eigenvalue weighted by Gasteiger charge is -2.20. The Bertz CT molecular complexity index is 975. The van der Waals surface area contributed by atoms with Crippen LogP contribution in [0.1, 0.15) is 33.1 Å². The zero-order valence-corrected chi connectivity index (χ0v) is 17.2. The Balaban J connectivity index is 1.75. The van der Waals surface area contributed by atoms with E-state index in [-0.39, 0.29) is 16.6 Å². The summed E-state index contributed by atoms with van der Waals surface area (Å²) in [5.41, 5.74) is 0.859. The highest BCUT2D eigenvalue weighted by Crippen LogP contribution is 2.31. The maximum absolute atomic E-state index is 12.5. The van der Waals surface area contributed by atoms with Crippen LogP contribution in [-0.2, 0) is 0 Å². The van der Waals surface area contributed by atoms with Crippen molar-refractivity contribution in [2.24, 2.45) is 0 Å². The van der Waals surface area contributed by atoms with Crippen molar-refractivity contribution in [3.8, 4) is 22.8 Å². The molecule has 0 saturated heterocycles. The van der Waals surface area contributed by atoms with Crippen LogP contribution in [0.15, 0.2) is 57.7 Å². The van der Waals surface area contributed by atoms with E-state index in [0.717, 1.165) is 44.5 Å². The normalized spacial score (nSPS) is 11.3. The number of phenols is 1. The van der Waals surface area contributed by atoms with Gasteiger partial charge in [-0.05, 0) is 32.4 Å². The first-order valence-corrected chi connectivity index (χ1v) is 10.3. The SMILES string of the molecule is CCCN(CCC)CCCOc1cc(O)c2c(=O)cc(-c3ccccc3)oc2c1. The molecule has 0 fully saturated rings. The molecule has 1 aromatic heterocycles. The number of fused-ring (bicyclic) bond motifs is 1. The molecule has 0 amide bonds. The van der Waals surface area contributed by atoms with Gasteiger partial charge in [0.2, 0.25) is 0 Å². The summed E-state index contributed by atoms with van der Waals surface area (Å²) in [5, 5.41) is 10.5. The second-order valence-corrected chi connectivity index (χ2v) is 7.20. The Labute approximate surface area is 171 Å². The maximum atomic E-state index is 12.5. The molecule has 0 atom stereocenters. The van der Waals surface area contributed by atoms with E-state index >= 15 is 0 Å². The molecule has 0 unspecified atom stereocenters. The van der Waals surface area contributed by atoms with E-state index in [1.165, 1.54) is 12.1 Å². The van der Waals surface area contributed by atoms with Gasteiger partial charge in [-0.1, -0.05) is 44.2 Å². The number of nitrogens with zero attached hydrogens (tertiary/aromatic N) is 1. The predicted molar refractivity (Wildman–Crippen MR) is 117 cm³/mol. The Morgan fingerprint density at radius 1 is 1.00 bits per heavy atom. The van der Waals surface area contributed by atoms with Gasteiger partial charge in [0, 0.05) is 30.3 Å². The maximum Gasteiger partial charge on any atom is 0.197 e. The van der Waals surface area contributed by atoms with Crippen LogP contribution in [0.4, 0.5) is 0 Å². The zero-order chi connectivity index (χ0) is 20.6. The van der Waals surface area contributed by atoms with Crippen LogP contribution >= 0.6 is 0 Å². The first-order chi connectivity index (χ1) is 14.1. The monoisotopic (exact) mass is 395 g/mol. The van der Waals surface area contributed by atoms with E-state index < -0.39 is 0 Å². The molecule has 0 spiro atoms. The fraction of sp³-hybridized carbons (Fsp3) is 0.375. The van der Waals surface area contributed by atoms with Crippen molar-refractivity contribution in [2.75, 3.05) is 26.2 Å². The number of benzene rings is 2. The summed E-state index contributed by atoms with van der Waals surface area (Å²) in [4.78, 5) is 14.9. The third kappa shape index (κ3) is 5.39. The van der Waals surface area contributed by atoms with Crippen LogP contribution in [0, 0.1) is 0 Å². The zero-order valence-electron chi connectivity index (χ0n) is 17.2. The van der Waals surface area contributed by atoms with E-state index in [2.05, 4.69) is 18.7 Å². The molecule has 0 bridgehead atoms. The molecule has 3 aromatic rings. The third-order valence-electron chi connectivity index (χ3n) is 4.81. The smallest absolute Gasteiger partial charge is 0.197 e. The minimum atomic E-state index is -0.274. The van der Waals surface area contributed by atoms with Gasteiger partial charge < -0.3 is 19.2 Å². The van der Waals surface area contributed by atoms with E-state index in [4.69, 9.17) is 9.15 Å². The van der Waals surface area contributed by atoms with Crippen LogP contribution in [0.5, 0.6) is 11.5 Å². The van der Waals surface area contributed by atoms with Gasteiger partial charge in [-0.2, -0.15) is 0 Å². The Morgan fingerprint density at radius 2 is 1.72 bits per heavy atom. The first-order valence-electron chi connectivity index (χ1n) is 10.3. The Kier molecular flexibility index (Phi) is 7.30. The molecular weight excluding hydrogens is 366 g/mol. The summed E-state index contributed by atoms with van der Waals surface area (Å²) < 4.78 is 11.7. The number of phenolic OH excluding ortho intramolecular Hbond substituents is 1. The van der Waals surface area contributed by atoms with Crippen molar-refractivity contribution in [3.05, 3.63) is 58.8 Å². The summed E-state index contributed by atoms with van der Waals surface area (Å²) in [5.74, 6) is 0.847. The Hall–Kier alpha value is -2.79. The van der Waals surface area contributed by atoms with Crippen LogP contribution in [0.25, 0.3) is 22.3 Å². The van der Waals surface area contributed by atoms with Crippen LogP contribution < -0.4 is 10.2 Å². The van der Waals surface area contributed by atoms with E-state index in [0.29, 0.717) is 23.7 Å². The molecule has 3 rings (SSSR count). The topological polar surface area (TPSA) is 62.9 Å². The molecule has 1 N–H and O–H groups in total. The summed E-state index contributed by atoms with van der Waals surface area (Å²) in [7, 11) is 0. The van der Waals surface area contributed by atoms with Gasteiger partial charge >= 0.3 is 0 Å². The van der Waals surface area contributed by atoms with Gasteiger partial charge in [-0.15, -0.1) is 0 Å². The Morgan fingerprint density at radius 3 is 2.41 bits per heavy atom. The molecule has 29 heavy (non-hydrogen) atoms. The lowest BCUT2D eigenvalue weighted by atomic mass is 10.1. The second kappa shape index (κ2) is 10.1. The molecule has 0 saturated carbocycles. The van der Waals surface area contributed by atoms with Crippen molar-refractivity contribution < 1.29 is 14.3 Å². The van der Waals surface area contributed by atoms with Gasteiger partial charge in [0.05, 0.1) is 6.61 Å². The van der Waals surface area contributed by atoms with Gasteiger partial charge in [-0.3, -0.25) is 4.79 Å². The number of rotatable bonds is 10. The van der Waals surface area contributed by atoms with Gasteiger partial charge in [-0.25, -0.2) is 0 Å². The van der Waals surface area contributed by atoms with E-state index in [9.17, 15) is 9.90 Å². The summed E-state index contributed by atoms with van der Waals surface area (Å²) in [6, 6.07) is 14.0. The fourth-order valence-corrected chi connectivity index (χ4v) is 3.52. The highest BCUT2D eigenvalue weighted by Gasteiger charge is 2.13. The fourth-order valence-electron chi connectivity index (χ4n) is 3.52. The number of ether oxygens (including phenoxy) is 1. The summed E-state index contributed by atoms with van der Waals surface area (Å²) in [6.45, 7) is 8.09. The number of hydrogen-bond acceptors (Lipinski definition) is 5. The molecule has 0 radical (unpaired) electrons. The van der Waals surface area contributed by atoms with E-state index in [1.807, 2.05) is 30.3 Å². The van der Waals surface area contributed by atoms with Gasteiger partial charge in [0.15, 0.2) is 5.43 Å². The molecule has 154 valence electrons. The lowest BCUT2D eigenvalue weighted by Crippen LogP contribution is -2.27. The van der Waals surface area contributed by atoms with Crippen molar-refractivity contribution in [3.63, 3.8) is 0 Å². The molecule has 0 aliphatic rings. The summed E-state index contributed by atoms with van der Waals surface area (Å²) in [6.07, 6.45) is 3.18. The average Bonchev–Trinajstić information content (AvgIpc) is 2.71. The van der Waals surface area contributed by atoms with Crippen LogP contribution in [-0.4, -0.2) is 36.2 Å². The molecule has 0 aliphatic carbocycles. The summed E-state index contributed by atoms with van der Waals surface area (Å²) >= 11 is 0. The third-order valence-corrected chi connectivity index (χ3v) is 4.81. The average molecular weight is 395 g/mol. The minimum absolute atomic E-state index is 0.121. The molecule has 0 aliphatic heterocycles. The minimum Gasteiger partial charge on any atom is -0.507 e. The van der Waals surface area contributed by atoms with Crippen molar-refractivity contribution in [2.45, 2.75) is 33.1 Å². The quantitative estimate of drug-likeness (QED) is 0.486. The second-order valence-electron chi connectivity index (χ2n) is 7.20. The molecule has 5 nitrogen and oxygen atoms in total. The molecule has 2 aromatic carbocycles. The van der Waals surface area contributed by atoms with Crippen molar-refractivity contribution in [1.82, 2.24) is 4.90 Å². The predicted octanol–water partition coefficient (Wildman–Crippen LogP) is 5.06. The first kappa shape index (κ1) is 20.9. The highest BCUT2D eigenvalue weighted by molar-refractivity contribution is 5.86. The van der Waals surface area contributed by atoms with E-state index in [1.54, 1.807) is 6.07 Å². The van der Waals surface area contributed by atoms with Gasteiger partial charge in [0.1, 0.15) is 28.2 Å². The number of hydrogen-bond donors (Lipinski definition) is 1. The van der Waals surface area contributed by atoms with Gasteiger partial charge in [0.25, 0.3) is 0 Å². The van der Waals surface area contributed by atoms with Crippen molar-refractivity contribution in [1.29, 1.82) is 0 Å². The molecule has 1 heterocycles. The molecular formula is C24H29NO4.